The fraction of sp³-hybridized carbons (Fsp3) is 0.538. The summed E-state index contributed by atoms with van der Waals surface area (Å²) in [5.41, 5.74) is -0.437. The van der Waals surface area contributed by atoms with Crippen molar-refractivity contribution >= 4 is 29.4 Å². The summed E-state index contributed by atoms with van der Waals surface area (Å²) in [6, 6.07) is 1.57. The van der Waals surface area contributed by atoms with Crippen LogP contribution in [0.5, 0.6) is 0 Å². The number of carboxylic acids is 1. The van der Waals surface area contributed by atoms with Gasteiger partial charge < -0.3 is 5.11 Å². The van der Waals surface area contributed by atoms with Gasteiger partial charge >= 0.3 is 5.97 Å². The van der Waals surface area contributed by atoms with E-state index in [0.29, 0.717) is 18.5 Å². The normalized spacial score (nSPS) is 11.2. The molecule has 0 aromatic carbocycles. The summed E-state index contributed by atoms with van der Waals surface area (Å²) in [5, 5.41) is 12.0. The molecule has 0 saturated heterocycles. The molecule has 0 aliphatic heterocycles. The minimum Gasteiger partial charge on any atom is -0.481 e. The molecule has 0 fully saturated rings. The lowest BCUT2D eigenvalue weighted by atomic mass is 9.79. The van der Waals surface area contributed by atoms with Crippen LogP contribution >= 0.6 is 11.6 Å². The van der Waals surface area contributed by atoms with Crippen molar-refractivity contribution in [2.45, 2.75) is 40.0 Å². The Morgan fingerprint density at radius 1 is 1.35 bits per heavy atom. The number of hydrogen-bond donors (Lipinski definition) is 2. The average molecular weight is 300 g/mol. The summed E-state index contributed by atoms with van der Waals surface area (Å²) in [6.45, 7) is 5.23. The number of amides is 1. The van der Waals surface area contributed by atoms with Crippen molar-refractivity contribution < 1.29 is 14.7 Å². The highest BCUT2D eigenvalue weighted by molar-refractivity contribution is 6.29. The van der Waals surface area contributed by atoms with Crippen LogP contribution in [0, 0.1) is 12.3 Å². The summed E-state index contributed by atoms with van der Waals surface area (Å²) in [5.74, 6) is -1.31. The molecular weight excluding hydrogens is 282 g/mol. The number of aromatic nitrogens is 2. The van der Waals surface area contributed by atoms with Gasteiger partial charge in [-0.3, -0.25) is 14.9 Å². The molecule has 20 heavy (non-hydrogen) atoms. The van der Waals surface area contributed by atoms with Crippen molar-refractivity contribution in [3.05, 3.63) is 16.9 Å². The van der Waals surface area contributed by atoms with E-state index < -0.39 is 17.3 Å². The monoisotopic (exact) mass is 299 g/mol. The van der Waals surface area contributed by atoms with E-state index in [-0.39, 0.29) is 17.5 Å². The van der Waals surface area contributed by atoms with E-state index in [2.05, 4.69) is 15.3 Å². The third-order valence-electron chi connectivity index (χ3n) is 3.38. The molecule has 6 nitrogen and oxygen atoms in total. The van der Waals surface area contributed by atoms with Crippen LogP contribution in [0.25, 0.3) is 0 Å². The Morgan fingerprint density at radius 2 is 1.95 bits per heavy atom. The molecule has 0 aliphatic carbocycles. The quantitative estimate of drug-likeness (QED) is 0.788. The molecule has 1 rings (SSSR count). The summed E-state index contributed by atoms with van der Waals surface area (Å²) < 4.78 is 0. The van der Waals surface area contributed by atoms with E-state index in [1.54, 1.807) is 26.8 Å². The zero-order chi connectivity index (χ0) is 15.3. The van der Waals surface area contributed by atoms with Gasteiger partial charge in [-0.25, -0.2) is 9.97 Å². The van der Waals surface area contributed by atoms with E-state index in [9.17, 15) is 14.7 Å². The van der Waals surface area contributed by atoms with Crippen molar-refractivity contribution in [1.29, 1.82) is 0 Å². The van der Waals surface area contributed by atoms with Crippen LogP contribution in [0.2, 0.25) is 5.15 Å². The predicted molar refractivity (Wildman–Crippen MR) is 75.7 cm³/mol. The molecule has 0 unspecified atom stereocenters. The predicted octanol–water partition coefficient (Wildman–Crippen LogP) is 2.66. The Balaban J connectivity index is 2.83. The van der Waals surface area contributed by atoms with Crippen LogP contribution in [-0.4, -0.2) is 27.0 Å². The first-order valence-electron chi connectivity index (χ1n) is 6.37. The Bertz CT molecular complexity index is 495. The van der Waals surface area contributed by atoms with Gasteiger partial charge in [0.1, 0.15) is 5.15 Å². The fourth-order valence-corrected chi connectivity index (χ4v) is 2.18. The number of nitrogens with one attached hydrogen (secondary N) is 1. The van der Waals surface area contributed by atoms with Crippen LogP contribution in [0.4, 0.5) is 5.95 Å². The van der Waals surface area contributed by atoms with Gasteiger partial charge in [0.2, 0.25) is 11.9 Å². The average Bonchev–Trinajstić information content (AvgIpc) is 2.34. The Morgan fingerprint density at radius 3 is 2.40 bits per heavy atom. The number of aryl methyl sites for hydroxylation is 1. The first kappa shape index (κ1) is 16.4. The maximum atomic E-state index is 12.0. The van der Waals surface area contributed by atoms with Crippen molar-refractivity contribution in [2.75, 3.05) is 5.32 Å². The van der Waals surface area contributed by atoms with Gasteiger partial charge in [0.15, 0.2) is 0 Å². The number of carbonyl (C=O) groups is 2. The lowest BCUT2D eigenvalue weighted by Gasteiger charge is -2.25. The van der Waals surface area contributed by atoms with Crippen LogP contribution < -0.4 is 5.32 Å². The van der Waals surface area contributed by atoms with E-state index in [4.69, 9.17) is 11.6 Å². The van der Waals surface area contributed by atoms with E-state index in [1.807, 2.05) is 0 Å². The lowest BCUT2D eigenvalue weighted by molar-refractivity contribution is -0.151. The highest BCUT2D eigenvalue weighted by atomic mass is 35.5. The molecule has 1 amide bonds. The number of rotatable bonds is 6. The highest BCUT2D eigenvalue weighted by Gasteiger charge is 2.37. The third-order valence-corrected chi connectivity index (χ3v) is 3.57. The van der Waals surface area contributed by atoms with Crippen molar-refractivity contribution in [1.82, 2.24) is 9.97 Å². The number of nitrogens with zero attached hydrogens (tertiary/aromatic N) is 2. The molecule has 2 N–H and O–H groups in total. The largest absolute Gasteiger partial charge is 0.481 e. The Hall–Kier alpha value is -1.69. The van der Waals surface area contributed by atoms with Gasteiger partial charge in [0.05, 0.1) is 5.41 Å². The zero-order valence-electron chi connectivity index (χ0n) is 11.7. The highest BCUT2D eigenvalue weighted by Crippen LogP contribution is 2.31. The summed E-state index contributed by atoms with van der Waals surface area (Å²) in [6.07, 6.45) is 0.633. The molecule has 0 radical (unpaired) electrons. The van der Waals surface area contributed by atoms with E-state index in [0.717, 1.165) is 0 Å². The Kier molecular flexibility index (Phi) is 5.44. The van der Waals surface area contributed by atoms with Crippen molar-refractivity contribution in [2.24, 2.45) is 5.41 Å². The van der Waals surface area contributed by atoms with Gasteiger partial charge in [-0.05, 0) is 25.8 Å². The lowest BCUT2D eigenvalue weighted by Crippen LogP contribution is -2.34. The molecule has 0 bridgehead atoms. The molecule has 110 valence electrons. The SMILES string of the molecule is CCC(CC)(CC(=O)Nc1nc(C)cc(Cl)n1)C(=O)O. The van der Waals surface area contributed by atoms with Crippen LogP contribution in [0.15, 0.2) is 6.07 Å². The first-order chi connectivity index (χ1) is 9.32. The second-order valence-electron chi connectivity index (χ2n) is 4.67. The van der Waals surface area contributed by atoms with Gasteiger partial charge in [-0.15, -0.1) is 0 Å². The molecule has 0 atom stereocenters. The summed E-state index contributed by atoms with van der Waals surface area (Å²) in [4.78, 5) is 31.2. The number of carboxylic acid groups (broad SMARTS) is 1. The standard InChI is InChI=1S/C13H18ClN3O3/c1-4-13(5-2,11(19)20)7-10(18)17-12-15-8(3)6-9(14)16-12/h6H,4-5,7H2,1-3H3,(H,19,20)(H,15,16,17,18). The maximum absolute atomic E-state index is 12.0. The molecule has 0 saturated carbocycles. The van der Waals surface area contributed by atoms with E-state index >= 15 is 0 Å². The number of anilines is 1. The second kappa shape index (κ2) is 6.65. The molecule has 0 spiro atoms. The number of hydrogen-bond acceptors (Lipinski definition) is 4. The van der Waals surface area contributed by atoms with Gasteiger partial charge in [0.25, 0.3) is 0 Å². The van der Waals surface area contributed by atoms with Crippen LogP contribution in [0.1, 0.15) is 38.8 Å². The van der Waals surface area contributed by atoms with Crippen molar-refractivity contribution in [3.63, 3.8) is 0 Å². The number of carbonyl (C=O) groups excluding carboxylic acids is 1. The zero-order valence-corrected chi connectivity index (χ0v) is 12.5. The molecule has 7 heteroatoms. The van der Waals surface area contributed by atoms with Gasteiger partial charge in [-0.2, -0.15) is 0 Å². The fourth-order valence-electron chi connectivity index (χ4n) is 1.94. The molecule has 1 heterocycles. The smallest absolute Gasteiger partial charge is 0.310 e. The van der Waals surface area contributed by atoms with Crippen LogP contribution in [0.3, 0.4) is 0 Å². The molecular formula is C13H18ClN3O3. The summed E-state index contributed by atoms with van der Waals surface area (Å²) >= 11 is 5.78. The van der Waals surface area contributed by atoms with Gasteiger partial charge in [0, 0.05) is 12.1 Å². The second-order valence-corrected chi connectivity index (χ2v) is 5.06. The molecule has 1 aromatic heterocycles. The van der Waals surface area contributed by atoms with Crippen LogP contribution in [-0.2, 0) is 9.59 Å². The van der Waals surface area contributed by atoms with Gasteiger partial charge in [-0.1, -0.05) is 25.4 Å². The minimum atomic E-state index is -1.06. The number of halogens is 1. The first-order valence-corrected chi connectivity index (χ1v) is 6.75. The number of aliphatic carboxylic acids is 1. The van der Waals surface area contributed by atoms with Crippen molar-refractivity contribution in [3.8, 4) is 0 Å². The maximum Gasteiger partial charge on any atom is 0.310 e. The summed E-state index contributed by atoms with van der Waals surface area (Å²) in [7, 11) is 0. The molecule has 1 aromatic rings. The topological polar surface area (TPSA) is 92.2 Å². The third kappa shape index (κ3) is 3.90. The Labute approximate surface area is 122 Å². The minimum absolute atomic E-state index is 0.0893. The van der Waals surface area contributed by atoms with E-state index in [1.165, 1.54) is 0 Å². The molecule has 0 aliphatic rings.